The Hall–Kier alpha value is -2.63. The molecule has 0 amide bonds. The molecule has 1 aliphatic rings. The molecule has 3 aromatic heterocycles. The third-order valence-electron chi connectivity index (χ3n) is 4.34. The minimum atomic E-state index is 0.225. The molecule has 0 radical (unpaired) electrons. The lowest BCUT2D eigenvalue weighted by atomic mass is 10.1. The summed E-state index contributed by atoms with van der Waals surface area (Å²) in [7, 11) is 4.07. The second kappa shape index (κ2) is 5.53. The van der Waals surface area contributed by atoms with Gasteiger partial charge in [0.15, 0.2) is 5.82 Å². The number of hydrogen-bond donors (Lipinski definition) is 0. The van der Waals surface area contributed by atoms with Gasteiger partial charge in [-0.25, -0.2) is 15.0 Å². The Bertz CT molecular complexity index is 810. The minimum Gasteiger partial charge on any atom is -0.361 e. The van der Waals surface area contributed by atoms with Gasteiger partial charge < -0.3 is 14.2 Å². The highest BCUT2D eigenvalue weighted by Crippen LogP contribution is 2.34. The van der Waals surface area contributed by atoms with Crippen LogP contribution in [0.15, 0.2) is 43.0 Å². The van der Waals surface area contributed by atoms with Gasteiger partial charge in [-0.3, -0.25) is 0 Å². The SMILES string of the molecule is CN(C)c1nc([C@H]2CCCN2c2ncccn2)cn2cccc12. The first kappa shape index (κ1) is 14.0. The molecule has 4 rings (SSSR count). The molecule has 4 heterocycles. The Morgan fingerprint density at radius 2 is 2.00 bits per heavy atom. The van der Waals surface area contributed by atoms with E-state index in [0.29, 0.717) is 0 Å². The molecular formula is C17H20N6. The fraction of sp³-hybridized carbons (Fsp3) is 0.353. The smallest absolute Gasteiger partial charge is 0.225 e. The van der Waals surface area contributed by atoms with Crippen molar-refractivity contribution in [2.75, 3.05) is 30.4 Å². The highest BCUT2D eigenvalue weighted by molar-refractivity contribution is 5.69. The van der Waals surface area contributed by atoms with E-state index in [1.807, 2.05) is 20.2 Å². The van der Waals surface area contributed by atoms with Gasteiger partial charge in [-0.1, -0.05) is 0 Å². The maximum absolute atomic E-state index is 4.94. The molecule has 0 aliphatic carbocycles. The Labute approximate surface area is 135 Å². The zero-order chi connectivity index (χ0) is 15.8. The summed E-state index contributed by atoms with van der Waals surface area (Å²) < 4.78 is 2.15. The molecule has 1 atom stereocenters. The standard InChI is InChI=1S/C17H20N6/c1-21(2)16-15-7-3-10-22(15)12-13(20-16)14-6-4-11-23(14)17-18-8-5-9-19-17/h3,5,7-10,12,14H,4,6,11H2,1-2H3/t14-/m1/s1. The molecule has 23 heavy (non-hydrogen) atoms. The number of fused-ring (bicyclic) bond motifs is 1. The van der Waals surface area contributed by atoms with Crippen LogP contribution in [0.4, 0.5) is 11.8 Å². The molecule has 0 aromatic carbocycles. The second-order valence-electron chi connectivity index (χ2n) is 6.08. The number of nitrogens with zero attached hydrogens (tertiary/aromatic N) is 6. The van der Waals surface area contributed by atoms with Crippen molar-refractivity contribution < 1.29 is 0 Å². The third-order valence-corrected chi connectivity index (χ3v) is 4.34. The molecule has 118 valence electrons. The first-order valence-electron chi connectivity index (χ1n) is 7.92. The predicted molar refractivity (Wildman–Crippen MR) is 90.9 cm³/mol. The van der Waals surface area contributed by atoms with Gasteiger partial charge in [0.05, 0.1) is 17.3 Å². The molecule has 1 saturated heterocycles. The zero-order valence-electron chi connectivity index (χ0n) is 13.4. The molecule has 1 fully saturated rings. The normalized spacial score (nSPS) is 17.8. The Kier molecular flexibility index (Phi) is 3.37. The second-order valence-corrected chi connectivity index (χ2v) is 6.08. The van der Waals surface area contributed by atoms with E-state index in [1.54, 1.807) is 12.4 Å². The summed E-state index contributed by atoms with van der Waals surface area (Å²) in [6.45, 7) is 0.970. The number of rotatable bonds is 3. The Morgan fingerprint density at radius 1 is 1.17 bits per heavy atom. The lowest BCUT2D eigenvalue weighted by Crippen LogP contribution is -2.26. The maximum atomic E-state index is 4.94. The van der Waals surface area contributed by atoms with Gasteiger partial charge in [0.2, 0.25) is 5.95 Å². The van der Waals surface area contributed by atoms with E-state index < -0.39 is 0 Å². The van der Waals surface area contributed by atoms with Crippen LogP contribution < -0.4 is 9.80 Å². The average molecular weight is 308 g/mol. The zero-order valence-corrected chi connectivity index (χ0v) is 13.4. The molecule has 0 unspecified atom stereocenters. The number of anilines is 2. The molecule has 0 N–H and O–H groups in total. The first-order valence-corrected chi connectivity index (χ1v) is 7.92. The van der Waals surface area contributed by atoms with E-state index in [9.17, 15) is 0 Å². The molecule has 6 heteroatoms. The molecule has 0 spiro atoms. The summed E-state index contributed by atoms with van der Waals surface area (Å²) in [6, 6.07) is 6.23. The molecule has 1 aliphatic heterocycles. The van der Waals surface area contributed by atoms with Crippen LogP contribution in [0.25, 0.3) is 5.52 Å². The van der Waals surface area contributed by atoms with Gasteiger partial charge in [-0.2, -0.15) is 0 Å². The van der Waals surface area contributed by atoms with Gasteiger partial charge >= 0.3 is 0 Å². The maximum Gasteiger partial charge on any atom is 0.225 e. The van der Waals surface area contributed by atoms with Gasteiger partial charge in [0.25, 0.3) is 0 Å². The molecule has 0 saturated carbocycles. The van der Waals surface area contributed by atoms with Crippen molar-refractivity contribution in [3.05, 3.63) is 48.7 Å². The topological polar surface area (TPSA) is 49.6 Å². The highest BCUT2D eigenvalue weighted by atomic mass is 15.3. The number of aromatic nitrogens is 4. The predicted octanol–water partition coefficient (Wildman–Crippen LogP) is 2.53. The highest BCUT2D eigenvalue weighted by Gasteiger charge is 2.30. The minimum absolute atomic E-state index is 0.225. The van der Waals surface area contributed by atoms with Crippen LogP contribution in [0.5, 0.6) is 0 Å². The van der Waals surface area contributed by atoms with Crippen LogP contribution in [0.2, 0.25) is 0 Å². The summed E-state index contributed by atoms with van der Waals surface area (Å²) in [4.78, 5) is 18.1. The lowest BCUT2D eigenvalue weighted by Gasteiger charge is -2.25. The van der Waals surface area contributed by atoms with E-state index in [1.165, 1.54) is 0 Å². The van der Waals surface area contributed by atoms with Gasteiger partial charge in [0, 0.05) is 45.4 Å². The Balaban J connectivity index is 1.78. The summed E-state index contributed by atoms with van der Waals surface area (Å²) in [5.41, 5.74) is 2.20. The van der Waals surface area contributed by atoms with E-state index >= 15 is 0 Å². The monoisotopic (exact) mass is 308 g/mol. The molecular weight excluding hydrogens is 288 g/mol. The van der Waals surface area contributed by atoms with Gasteiger partial charge in [0.1, 0.15) is 0 Å². The summed E-state index contributed by atoms with van der Waals surface area (Å²) in [5, 5.41) is 0. The van der Waals surface area contributed by atoms with Gasteiger partial charge in [-0.15, -0.1) is 0 Å². The third kappa shape index (κ3) is 2.40. The van der Waals surface area contributed by atoms with Crippen LogP contribution in [-0.4, -0.2) is 40.0 Å². The van der Waals surface area contributed by atoms with Crippen molar-refractivity contribution in [3.63, 3.8) is 0 Å². The number of hydrogen-bond acceptors (Lipinski definition) is 5. The van der Waals surface area contributed by atoms with Crippen molar-refractivity contribution in [2.45, 2.75) is 18.9 Å². The van der Waals surface area contributed by atoms with Crippen molar-refractivity contribution in [3.8, 4) is 0 Å². The molecule has 3 aromatic rings. The fourth-order valence-electron chi connectivity index (χ4n) is 3.29. The summed E-state index contributed by atoms with van der Waals surface area (Å²) in [6.07, 6.45) is 10.0. The summed E-state index contributed by atoms with van der Waals surface area (Å²) >= 11 is 0. The van der Waals surface area contributed by atoms with Crippen LogP contribution in [0, 0.1) is 0 Å². The van der Waals surface area contributed by atoms with Gasteiger partial charge in [-0.05, 0) is 31.0 Å². The van der Waals surface area contributed by atoms with Crippen molar-refractivity contribution in [1.29, 1.82) is 0 Å². The molecule has 6 nitrogen and oxygen atoms in total. The lowest BCUT2D eigenvalue weighted by molar-refractivity contribution is 0.673. The first-order chi connectivity index (χ1) is 11.2. The average Bonchev–Trinajstić information content (AvgIpc) is 3.23. The fourth-order valence-corrected chi connectivity index (χ4v) is 3.29. The van der Waals surface area contributed by atoms with Crippen LogP contribution in [0.3, 0.4) is 0 Å². The molecule has 0 bridgehead atoms. The largest absolute Gasteiger partial charge is 0.361 e. The van der Waals surface area contributed by atoms with Crippen LogP contribution >= 0.6 is 0 Å². The van der Waals surface area contributed by atoms with Crippen molar-refractivity contribution >= 4 is 17.3 Å². The quantitative estimate of drug-likeness (QED) is 0.744. The van der Waals surface area contributed by atoms with Crippen LogP contribution in [0.1, 0.15) is 24.6 Å². The van der Waals surface area contributed by atoms with Crippen LogP contribution in [-0.2, 0) is 0 Å². The van der Waals surface area contributed by atoms with E-state index in [2.05, 4.69) is 48.7 Å². The van der Waals surface area contributed by atoms with E-state index in [0.717, 1.165) is 42.4 Å². The Morgan fingerprint density at radius 3 is 2.78 bits per heavy atom. The van der Waals surface area contributed by atoms with Crippen molar-refractivity contribution in [1.82, 2.24) is 19.4 Å². The van der Waals surface area contributed by atoms with E-state index in [-0.39, 0.29) is 6.04 Å². The van der Waals surface area contributed by atoms with E-state index in [4.69, 9.17) is 4.98 Å². The summed E-state index contributed by atoms with van der Waals surface area (Å²) in [5.74, 6) is 1.78. The van der Waals surface area contributed by atoms with Crippen molar-refractivity contribution in [2.24, 2.45) is 0 Å².